The van der Waals surface area contributed by atoms with Crippen LogP contribution in [-0.2, 0) is 0 Å². The summed E-state index contributed by atoms with van der Waals surface area (Å²) in [5.41, 5.74) is -0.353. The Bertz CT molecular complexity index is 176. The second-order valence-electron chi connectivity index (χ2n) is 3.65. The van der Waals surface area contributed by atoms with Gasteiger partial charge in [-0.1, -0.05) is 0 Å². The monoisotopic (exact) mass is 158 g/mol. The summed E-state index contributed by atoms with van der Waals surface area (Å²) in [7, 11) is 0. The molecule has 0 saturated carbocycles. The van der Waals surface area contributed by atoms with Crippen molar-refractivity contribution >= 4 is 0 Å². The molecule has 0 aliphatic heterocycles. The van der Waals surface area contributed by atoms with Gasteiger partial charge in [-0.2, -0.15) is 0 Å². The van der Waals surface area contributed by atoms with E-state index in [1.54, 1.807) is 13.8 Å². The predicted molar refractivity (Wildman–Crippen MR) is 42.9 cm³/mol. The summed E-state index contributed by atoms with van der Waals surface area (Å²) in [5, 5.41) is 9.51. The quantitative estimate of drug-likeness (QED) is 0.621. The van der Waals surface area contributed by atoms with Crippen LogP contribution < -0.4 is 0 Å². The van der Waals surface area contributed by atoms with Crippen LogP contribution in [0.3, 0.4) is 0 Å². The minimum atomic E-state index is -0.954. The van der Waals surface area contributed by atoms with E-state index in [0.717, 1.165) is 19.3 Å². The van der Waals surface area contributed by atoms with Gasteiger partial charge in [-0.15, -0.1) is 0 Å². The first-order valence-electron chi connectivity index (χ1n) is 4.12. The van der Waals surface area contributed by atoms with Crippen LogP contribution >= 0.6 is 0 Å². The Balaban J connectivity index is 2.83. The average molecular weight is 158 g/mol. The molecule has 0 heterocycles. The molecule has 0 aromatic carbocycles. The highest BCUT2D eigenvalue weighted by Gasteiger charge is 2.25. The van der Waals surface area contributed by atoms with Gasteiger partial charge in [0.15, 0.2) is 0 Å². The molecule has 1 rings (SSSR count). The van der Waals surface area contributed by atoms with E-state index < -0.39 is 5.60 Å². The van der Waals surface area contributed by atoms with Crippen LogP contribution in [0.2, 0.25) is 0 Å². The van der Waals surface area contributed by atoms with E-state index in [4.69, 9.17) is 0 Å². The molecule has 0 spiro atoms. The Kier molecular flexibility index (Phi) is 2.33. The third kappa shape index (κ3) is 2.03. The molecule has 1 aliphatic carbocycles. The smallest absolute Gasteiger partial charge is 0.102 e. The number of allylic oxidation sites excluding steroid dienone is 1. The third-order valence-electron chi connectivity index (χ3n) is 2.14. The van der Waals surface area contributed by atoms with Crippen molar-refractivity contribution in [3.63, 3.8) is 0 Å². The van der Waals surface area contributed by atoms with Gasteiger partial charge in [0.05, 0.1) is 5.60 Å². The largest absolute Gasteiger partial charge is 0.386 e. The molecule has 0 atom stereocenters. The molecule has 64 valence electrons. The van der Waals surface area contributed by atoms with E-state index in [1.165, 1.54) is 0 Å². The van der Waals surface area contributed by atoms with E-state index in [9.17, 15) is 9.50 Å². The van der Waals surface area contributed by atoms with Gasteiger partial charge in [0, 0.05) is 0 Å². The Labute approximate surface area is 66.9 Å². The van der Waals surface area contributed by atoms with Crippen LogP contribution in [0.4, 0.5) is 4.39 Å². The van der Waals surface area contributed by atoms with Gasteiger partial charge in [-0.05, 0) is 45.1 Å². The van der Waals surface area contributed by atoms with Gasteiger partial charge in [0.1, 0.15) is 5.83 Å². The number of hydrogen-bond donors (Lipinski definition) is 1. The molecule has 0 fully saturated rings. The lowest BCUT2D eigenvalue weighted by atomic mass is 9.87. The van der Waals surface area contributed by atoms with Crippen molar-refractivity contribution in [2.24, 2.45) is 0 Å². The van der Waals surface area contributed by atoms with Crippen LogP contribution in [-0.4, -0.2) is 10.7 Å². The summed E-state index contributed by atoms with van der Waals surface area (Å²) in [6, 6.07) is 0. The fourth-order valence-corrected chi connectivity index (χ4v) is 1.51. The highest BCUT2D eigenvalue weighted by molar-refractivity contribution is 5.19. The SMILES string of the molecule is CC(C)(O)C1=C(F)CCCC1. The van der Waals surface area contributed by atoms with Gasteiger partial charge in [0.2, 0.25) is 0 Å². The summed E-state index contributed by atoms with van der Waals surface area (Å²) in [6.45, 7) is 3.29. The molecule has 1 aliphatic rings. The predicted octanol–water partition coefficient (Wildman–Crippen LogP) is 2.55. The molecule has 0 bridgehead atoms. The maximum Gasteiger partial charge on any atom is 0.102 e. The van der Waals surface area contributed by atoms with Crippen molar-refractivity contribution < 1.29 is 9.50 Å². The Morgan fingerprint density at radius 1 is 1.27 bits per heavy atom. The molecule has 0 radical (unpaired) electrons. The van der Waals surface area contributed by atoms with Crippen LogP contribution in [0, 0.1) is 0 Å². The van der Waals surface area contributed by atoms with Crippen molar-refractivity contribution in [3.8, 4) is 0 Å². The molecule has 11 heavy (non-hydrogen) atoms. The Hall–Kier alpha value is -0.370. The maximum atomic E-state index is 13.1. The lowest BCUT2D eigenvalue weighted by Gasteiger charge is -2.25. The minimum absolute atomic E-state index is 0.0937. The summed E-state index contributed by atoms with van der Waals surface area (Å²) in [5.74, 6) is -0.0937. The van der Waals surface area contributed by atoms with Gasteiger partial charge in [-0.3, -0.25) is 0 Å². The maximum absolute atomic E-state index is 13.1. The first-order valence-corrected chi connectivity index (χ1v) is 4.12. The van der Waals surface area contributed by atoms with E-state index in [1.807, 2.05) is 0 Å². The topological polar surface area (TPSA) is 20.2 Å². The summed E-state index contributed by atoms with van der Waals surface area (Å²) in [4.78, 5) is 0. The third-order valence-corrected chi connectivity index (χ3v) is 2.14. The molecule has 2 heteroatoms. The molecule has 1 nitrogen and oxygen atoms in total. The summed E-state index contributed by atoms with van der Waals surface area (Å²) >= 11 is 0. The van der Waals surface area contributed by atoms with Crippen LogP contribution in [0.15, 0.2) is 11.4 Å². The van der Waals surface area contributed by atoms with Crippen molar-refractivity contribution in [2.75, 3.05) is 0 Å². The average Bonchev–Trinajstić information content (AvgIpc) is 1.86. The van der Waals surface area contributed by atoms with Gasteiger partial charge in [0.25, 0.3) is 0 Å². The van der Waals surface area contributed by atoms with Crippen molar-refractivity contribution in [1.29, 1.82) is 0 Å². The van der Waals surface area contributed by atoms with Crippen molar-refractivity contribution in [1.82, 2.24) is 0 Å². The highest BCUT2D eigenvalue weighted by atomic mass is 19.1. The Morgan fingerprint density at radius 3 is 2.18 bits per heavy atom. The molecule has 1 N–H and O–H groups in total. The number of hydrogen-bond acceptors (Lipinski definition) is 1. The van der Waals surface area contributed by atoms with E-state index in [2.05, 4.69) is 0 Å². The van der Waals surface area contributed by atoms with Crippen LogP contribution in [0.5, 0.6) is 0 Å². The van der Waals surface area contributed by atoms with E-state index in [-0.39, 0.29) is 5.83 Å². The molecule has 0 aromatic rings. The molecule has 0 unspecified atom stereocenters. The fraction of sp³-hybridized carbons (Fsp3) is 0.778. The zero-order valence-corrected chi connectivity index (χ0v) is 7.15. The lowest BCUT2D eigenvalue weighted by Crippen LogP contribution is -2.24. The minimum Gasteiger partial charge on any atom is -0.386 e. The second-order valence-corrected chi connectivity index (χ2v) is 3.65. The number of rotatable bonds is 1. The molecule has 0 amide bonds. The fourth-order valence-electron chi connectivity index (χ4n) is 1.51. The van der Waals surface area contributed by atoms with Gasteiger partial charge in [-0.25, -0.2) is 4.39 Å². The van der Waals surface area contributed by atoms with E-state index >= 15 is 0 Å². The normalized spacial score (nSPS) is 20.7. The number of aliphatic hydroxyl groups is 1. The van der Waals surface area contributed by atoms with Crippen LogP contribution in [0.25, 0.3) is 0 Å². The first kappa shape index (κ1) is 8.72. The molecular formula is C9H15FO. The second kappa shape index (κ2) is 2.94. The molecular weight excluding hydrogens is 143 g/mol. The zero-order chi connectivity index (χ0) is 8.48. The summed E-state index contributed by atoms with van der Waals surface area (Å²) in [6.07, 6.45) is 3.16. The van der Waals surface area contributed by atoms with Crippen molar-refractivity contribution in [3.05, 3.63) is 11.4 Å². The summed E-state index contributed by atoms with van der Waals surface area (Å²) < 4.78 is 13.1. The standard InChI is InChI=1S/C9H15FO/c1-9(2,11)7-5-3-4-6-8(7)10/h11H,3-6H2,1-2H3. The number of halogens is 1. The van der Waals surface area contributed by atoms with Gasteiger partial charge >= 0.3 is 0 Å². The highest BCUT2D eigenvalue weighted by Crippen LogP contribution is 2.32. The Morgan fingerprint density at radius 2 is 1.82 bits per heavy atom. The molecule has 0 aromatic heterocycles. The first-order chi connectivity index (χ1) is 5.02. The van der Waals surface area contributed by atoms with E-state index in [0.29, 0.717) is 12.0 Å². The van der Waals surface area contributed by atoms with Crippen LogP contribution in [0.1, 0.15) is 39.5 Å². The van der Waals surface area contributed by atoms with Crippen molar-refractivity contribution in [2.45, 2.75) is 45.1 Å². The molecule has 0 saturated heterocycles. The lowest BCUT2D eigenvalue weighted by molar-refractivity contribution is 0.109. The zero-order valence-electron chi connectivity index (χ0n) is 7.15. The van der Waals surface area contributed by atoms with Gasteiger partial charge < -0.3 is 5.11 Å².